The van der Waals surface area contributed by atoms with Gasteiger partial charge < -0.3 is 10.6 Å². The largest absolute Gasteiger partial charge is 0.355 e. The molecule has 0 unspecified atom stereocenters. The molecule has 4 heteroatoms. The summed E-state index contributed by atoms with van der Waals surface area (Å²) in [5.41, 5.74) is 1.71. The average Bonchev–Trinajstić information content (AvgIpc) is 3.12. The summed E-state index contributed by atoms with van der Waals surface area (Å²) in [6.45, 7) is 3.39. The Morgan fingerprint density at radius 1 is 1.37 bits per heavy atom. The van der Waals surface area contributed by atoms with E-state index < -0.39 is 0 Å². The van der Waals surface area contributed by atoms with Crippen molar-refractivity contribution in [2.75, 3.05) is 20.1 Å². The fourth-order valence-electron chi connectivity index (χ4n) is 2.32. The summed E-state index contributed by atoms with van der Waals surface area (Å²) < 4.78 is 13.1. The van der Waals surface area contributed by atoms with Crippen molar-refractivity contribution in [1.29, 1.82) is 0 Å². The van der Waals surface area contributed by atoms with E-state index in [2.05, 4.69) is 10.6 Å². The van der Waals surface area contributed by atoms with E-state index in [4.69, 9.17) is 0 Å². The molecule has 0 aromatic heterocycles. The summed E-state index contributed by atoms with van der Waals surface area (Å²) in [6, 6.07) is 4.82. The van der Waals surface area contributed by atoms with Crippen LogP contribution in [-0.2, 0) is 11.2 Å². The number of aryl methyl sites for hydroxylation is 1. The number of hydrogen-bond donors (Lipinski definition) is 2. The van der Waals surface area contributed by atoms with Crippen LogP contribution in [0.1, 0.15) is 24.0 Å². The summed E-state index contributed by atoms with van der Waals surface area (Å²) in [4.78, 5) is 11.9. The van der Waals surface area contributed by atoms with Crippen LogP contribution >= 0.6 is 0 Å². The Balaban J connectivity index is 1.82. The van der Waals surface area contributed by atoms with E-state index in [1.165, 1.54) is 18.9 Å². The SMILES string of the molecule is CNCC1(CNC(=O)Cc2ccc(F)c(C)c2)CC1. The smallest absolute Gasteiger partial charge is 0.224 e. The lowest BCUT2D eigenvalue weighted by Crippen LogP contribution is -2.35. The molecule has 19 heavy (non-hydrogen) atoms. The monoisotopic (exact) mass is 264 g/mol. The van der Waals surface area contributed by atoms with Gasteiger partial charge in [0.15, 0.2) is 0 Å². The number of benzene rings is 1. The van der Waals surface area contributed by atoms with Crippen molar-refractivity contribution in [3.8, 4) is 0 Å². The van der Waals surface area contributed by atoms with Crippen molar-refractivity contribution in [3.05, 3.63) is 35.1 Å². The van der Waals surface area contributed by atoms with Crippen molar-refractivity contribution >= 4 is 5.91 Å². The van der Waals surface area contributed by atoms with Crippen LogP contribution in [0.5, 0.6) is 0 Å². The summed E-state index contributed by atoms with van der Waals surface area (Å²) >= 11 is 0. The van der Waals surface area contributed by atoms with Gasteiger partial charge in [-0.2, -0.15) is 0 Å². The van der Waals surface area contributed by atoms with Crippen LogP contribution in [0, 0.1) is 18.2 Å². The molecule has 1 aliphatic rings. The van der Waals surface area contributed by atoms with Crippen LogP contribution in [0.3, 0.4) is 0 Å². The van der Waals surface area contributed by atoms with E-state index in [9.17, 15) is 9.18 Å². The maximum atomic E-state index is 13.1. The third-order valence-corrected chi connectivity index (χ3v) is 3.76. The molecule has 0 heterocycles. The molecular formula is C15H21FN2O. The highest BCUT2D eigenvalue weighted by atomic mass is 19.1. The highest BCUT2D eigenvalue weighted by Gasteiger charge is 2.41. The second kappa shape index (κ2) is 5.70. The molecule has 0 atom stereocenters. The van der Waals surface area contributed by atoms with E-state index >= 15 is 0 Å². The van der Waals surface area contributed by atoms with E-state index in [1.54, 1.807) is 19.1 Å². The second-order valence-corrected chi connectivity index (χ2v) is 5.57. The molecule has 2 N–H and O–H groups in total. The Bertz CT molecular complexity index is 469. The molecule has 2 rings (SSSR count). The maximum Gasteiger partial charge on any atom is 0.224 e. The molecule has 3 nitrogen and oxygen atoms in total. The first-order valence-electron chi connectivity index (χ1n) is 6.71. The zero-order valence-electron chi connectivity index (χ0n) is 11.6. The molecule has 0 spiro atoms. The van der Waals surface area contributed by atoms with Gasteiger partial charge in [-0.1, -0.05) is 12.1 Å². The maximum absolute atomic E-state index is 13.1. The Kier molecular flexibility index (Phi) is 4.20. The second-order valence-electron chi connectivity index (χ2n) is 5.57. The van der Waals surface area contributed by atoms with E-state index in [0.29, 0.717) is 12.0 Å². The Labute approximate surface area is 113 Å². The van der Waals surface area contributed by atoms with Crippen molar-refractivity contribution in [2.45, 2.75) is 26.2 Å². The minimum absolute atomic E-state index is 0.00777. The fraction of sp³-hybridized carbons (Fsp3) is 0.533. The molecular weight excluding hydrogens is 243 g/mol. The predicted octanol–water partition coefficient (Wildman–Crippen LogP) is 1.79. The standard InChI is InChI=1S/C15H21FN2O/c1-11-7-12(3-4-13(11)16)8-14(19)18-10-15(5-6-15)9-17-2/h3-4,7,17H,5-6,8-10H2,1-2H3,(H,18,19). The molecule has 1 fully saturated rings. The Hall–Kier alpha value is -1.42. The lowest BCUT2D eigenvalue weighted by Gasteiger charge is -2.15. The predicted molar refractivity (Wildman–Crippen MR) is 73.4 cm³/mol. The van der Waals surface area contributed by atoms with E-state index in [0.717, 1.165) is 18.7 Å². The third kappa shape index (κ3) is 3.77. The molecule has 0 aliphatic heterocycles. The number of rotatable bonds is 6. The zero-order valence-corrected chi connectivity index (χ0v) is 11.6. The van der Waals surface area contributed by atoms with E-state index in [1.807, 2.05) is 7.05 Å². The Morgan fingerprint density at radius 2 is 2.11 bits per heavy atom. The number of nitrogens with one attached hydrogen (secondary N) is 2. The topological polar surface area (TPSA) is 41.1 Å². The average molecular weight is 264 g/mol. The minimum atomic E-state index is -0.227. The first kappa shape index (κ1) is 14.0. The zero-order chi connectivity index (χ0) is 13.9. The highest BCUT2D eigenvalue weighted by Crippen LogP contribution is 2.44. The number of hydrogen-bond acceptors (Lipinski definition) is 2. The normalized spacial score (nSPS) is 16.2. The van der Waals surface area contributed by atoms with Gasteiger partial charge in [0.1, 0.15) is 5.82 Å². The number of carbonyl (C=O) groups is 1. The quantitative estimate of drug-likeness (QED) is 0.822. The van der Waals surface area contributed by atoms with Gasteiger partial charge in [-0.15, -0.1) is 0 Å². The van der Waals surface area contributed by atoms with Gasteiger partial charge in [0.2, 0.25) is 5.91 Å². The van der Waals surface area contributed by atoms with Gasteiger partial charge in [0, 0.05) is 18.5 Å². The van der Waals surface area contributed by atoms with Crippen LogP contribution in [-0.4, -0.2) is 26.0 Å². The first-order valence-corrected chi connectivity index (χ1v) is 6.71. The molecule has 0 radical (unpaired) electrons. The van der Waals surface area contributed by atoms with Gasteiger partial charge in [-0.25, -0.2) is 4.39 Å². The summed E-state index contributed by atoms with van der Waals surface area (Å²) in [5, 5.41) is 6.14. The Morgan fingerprint density at radius 3 is 2.68 bits per heavy atom. The van der Waals surface area contributed by atoms with Crippen molar-refractivity contribution in [3.63, 3.8) is 0 Å². The summed E-state index contributed by atoms with van der Waals surface area (Å²) in [6.07, 6.45) is 2.66. The molecule has 1 amide bonds. The van der Waals surface area contributed by atoms with Crippen LogP contribution in [0.25, 0.3) is 0 Å². The molecule has 1 aromatic carbocycles. The number of amides is 1. The molecule has 0 saturated heterocycles. The van der Waals surface area contributed by atoms with Gasteiger partial charge in [0.25, 0.3) is 0 Å². The summed E-state index contributed by atoms with van der Waals surface area (Å²) in [7, 11) is 1.93. The minimum Gasteiger partial charge on any atom is -0.355 e. The first-order chi connectivity index (χ1) is 9.04. The van der Waals surface area contributed by atoms with Gasteiger partial charge >= 0.3 is 0 Å². The van der Waals surface area contributed by atoms with Gasteiger partial charge in [0.05, 0.1) is 6.42 Å². The highest BCUT2D eigenvalue weighted by molar-refractivity contribution is 5.78. The molecule has 1 aliphatic carbocycles. The summed E-state index contributed by atoms with van der Waals surface area (Å²) in [5.74, 6) is -0.219. The molecule has 1 saturated carbocycles. The van der Waals surface area contributed by atoms with E-state index in [-0.39, 0.29) is 17.1 Å². The third-order valence-electron chi connectivity index (χ3n) is 3.76. The van der Waals surface area contributed by atoms with Crippen molar-refractivity contribution in [2.24, 2.45) is 5.41 Å². The number of halogens is 1. The van der Waals surface area contributed by atoms with Gasteiger partial charge in [-0.05, 0) is 44.0 Å². The van der Waals surface area contributed by atoms with Crippen molar-refractivity contribution in [1.82, 2.24) is 10.6 Å². The van der Waals surface area contributed by atoms with Crippen molar-refractivity contribution < 1.29 is 9.18 Å². The fourth-order valence-corrected chi connectivity index (χ4v) is 2.32. The van der Waals surface area contributed by atoms with Gasteiger partial charge in [-0.3, -0.25) is 4.79 Å². The number of carbonyl (C=O) groups excluding carboxylic acids is 1. The molecule has 1 aromatic rings. The lowest BCUT2D eigenvalue weighted by atomic mass is 10.1. The van der Waals surface area contributed by atoms with Crippen LogP contribution in [0.2, 0.25) is 0 Å². The van der Waals surface area contributed by atoms with Crippen LogP contribution in [0.4, 0.5) is 4.39 Å². The lowest BCUT2D eigenvalue weighted by molar-refractivity contribution is -0.120. The van der Waals surface area contributed by atoms with Crippen LogP contribution < -0.4 is 10.6 Å². The molecule has 104 valence electrons. The van der Waals surface area contributed by atoms with Crippen LogP contribution in [0.15, 0.2) is 18.2 Å². The molecule has 0 bridgehead atoms.